The first-order chi connectivity index (χ1) is 18.4. The number of fused-ring (bicyclic) bond motifs is 1. The minimum Gasteiger partial charge on any atom is -0.481 e. The van der Waals surface area contributed by atoms with E-state index in [9.17, 15) is 13.2 Å². The number of aromatic nitrogens is 2. The fraction of sp³-hybridized carbons (Fsp3) is 0.519. The smallest absolute Gasteiger partial charge is 0.243 e. The molecule has 1 aliphatic carbocycles. The summed E-state index contributed by atoms with van der Waals surface area (Å²) in [5, 5.41) is 6.66. The number of thiazole rings is 1. The highest BCUT2D eigenvalue weighted by atomic mass is 32.2. The second kappa shape index (κ2) is 11.6. The van der Waals surface area contributed by atoms with Crippen LogP contribution in [0, 0.1) is 5.92 Å². The number of sulfonamides is 1. The molecule has 0 spiro atoms. The van der Waals surface area contributed by atoms with Crippen molar-refractivity contribution >= 4 is 42.7 Å². The van der Waals surface area contributed by atoms with Gasteiger partial charge < -0.3 is 15.4 Å². The predicted molar refractivity (Wildman–Crippen MR) is 149 cm³/mol. The van der Waals surface area contributed by atoms with Gasteiger partial charge in [-0.3, -0.25) is 4.79 Å². The molecule has 3 heterocycles. The molecule has 1 aliphatic heterocycles. The van der Waals surface area contributed by atoms with Crippen LogP contribution in [0.4, 0.5) is 5.13 Å². The van der Waals surface area contributed by atoms with Crippen LogP contribution in [0.25, 0.3) is 10.3 Å². The van der Waals surface area contributed by atoms with Crippen LogP contribution in [0.5, 0.6) is 5.88 Å². The molecule has 0 bridgehead atoms. The normalized spacial score (nSPS) is 17.6. The maximum absolute atomic E-state index is 13.6. The third kappa shape index (κ3) is 5.70. The van der Waals surface area contributed by atoms with Crippen LogP contribution < -0.4 is 15.4 Å². The van der Waals surface area contributed by atoms with Gasteiger partial charge >= 0.3 is 0 Å². The maximum Gasteiger partial charge on any atom is 0.243 e. The van der Waals surface area contributed by atoms with Gasteiger partial charge in [-0.2, -0.15) is 4.31 Å². The quantitative estimate of drug-likeness (QED) is 0.360. The van der Waals surface area contributed by atoms with Gasteiger partial charge in [0.05, 0.1) is 24.0 Å². The Balaban J connectivity index is 1.38. The fourth-order valence-electron chi connectivity index (χ4n) is 5.34. The molecule has 1 amide bonds. The van der Waals surface area contributed by atoms with E-state index in [0.29, 0.717) is 46.9 Å². The molecule has 204 valence electrons. The second-order valence-electron chi connectivity index (χ2n) is 10.1. The van der Waals surface area contributed by atoms with E-state index in [2.05, 4.69) is 20.6 Å². The lowest BCUT2D eigenvalue weighted by molar-refractivity contribution is -0.118. The van der Waals surface area contributed by atoms with Crippen LogP contribution in [-0.4, -0.2) is 61.4 Å². The zero-order valence-corrected chi connectivity index (χ0v) is 23.5. The average molecular weight is 558 g/mol. The number of hydrogen-bond donors (Lipinski definition) is 2. The summed E-state index contributed by atoms with van der Waals surface area (Å²) >= 11 is 1.31. The highest BCUT2D eigenvalue weighted by Crippen LogP contribution is 2.36. The van der Waals surface area contributed by atoms with Gasteiger partial charge in [0.25, 0.3) is 0 Å². The minimum atomic E-state index is -3.61. The van der Waals surface area contributed by atoms with Gasteiger partial charge in [-0.15, -0.1) is 0 Å². The number of methoxy groups -OCH3 is 1. The molecule has 1 saturated heterocycles. The Kier molecular flexibility index (Phi) is 8.27. The highest BCUT2D eigenvalue weighted by molar-refractivity contribution is 7.89. The number of amides is 1. The van der Waals surface area contributed by atoms with E-state index < -0.39 is 15.9 Å². The van der Waals surface area contributed by atoms with Crippen LogP contribution in [-0.2, 0) is 14.8 Å². The van der Waals surface area contributed by atoms with Gasteiger partial charge in [-0.05, 0) is 42.5 Å². The number of nitrogens with zero attached hydrogens (tertiary/aromatic N) is 3. The maximum atomic E-state index is 13.6. The molecule has 38 heavy (non-hydrogen) atoms. The van der Waals surface area contributed by atoms with Crippen molar-refractivity contribution in [2.24, 2.45) is 5.92 Å². The van der Waals surface area contributed by atoms with Crippen LogP contribution >= 0.6 is 11.3 Å². The lowest BCUT2D eigenvalue weighted by atomic mass is 9.87. The molecule has 1 aromatic carbocycles. The van der Waals surface area contributed by atoms with Crippen LogP contribution in [0.2, 0.25) is 0 Å². The SMILES string of the molecule is CCCN(C1CNC1)S(=O)(=O)c1ccc(C(CC2CCCC2)C(=O)Nc2nc3ccc(OC)nc3s2)cc1. The number of carbonyl (C=O) groups is 1. The van der Waals surface area contributed by atoms with E-state index in [0.717, 1.165) is 31.2 Å². The molecule has 2 fully saturated rings. The Morgan fingerprint density at radius 1 is 1.16 bits per heavy atom. The summed E-state index contributed by atoms with van der Waals surface area (Å²) in [6.45, 7) is 3.83. The summed E-state index contributed by atoms with van der Waals surface area (Å²) < 4.78 is 33.6. The minimum absolute atomic E-state index is 0.0104. The van der Waals surface area contributed by atoms with E-state index in [-0.39, 0.29) is 16.8 Å². The van der Waals surface area contributed by atoms with Gasteiger partial charge in [0.2, 0.25) is 21.8 Å². The van der Waals surface area contributed by atoms with E-state index in [1.165, 1.54) is 24.2 Å². The summed E-state index contributed by atoms with van der Waals surface area (Å²) in [6.07, 6.45) is 6.08. The van der Waals surface area contributed by atoms with E-state index in [1.54, 1.807) is 41.7 Å². The number of benzene rings is 1. The second-order valence-corrected chi connectivity index (χ2v) is 13.0. The zero-order chi connectivity index (χ0) is 26.7. The summed E-state index contributed by atoms with van der Waals surface area (Å²) in [4.78, 5) is 23.5. The molecular weight excluding hydrogens is 522 g/mol. The topological polar surface area (TPSA) is 114 Å². The first kappa shape index (κ1) is 27.0. The Morgan fingerprint density at radius 2 is 1.89 bits per heavy atom. The number of rotatable bonds is 11. The van der Waals surface area contributed by atoms with Crippen molar-refractivity contribution in [1.29, 1.82) is 0 Å². The third-order valence-corrected chi connectivity index (χ3v) is 10.4. The molecule has 1 saturated carbocycles. The largest absolute Gasteiger partial charge is 0.481 e. The van der Waals surface area contributed by atoms with Gasteiger partial charge in [-0.1, -0.05) is 56.1 Å². The first-order valence-corrected chi connectivity index (χ1v) is 15.6. The Morgan fingerprint density at radius 3 is 2.53 bits per heavy atom. The van der Waals surface area contributed by atoms with Crippen molar-refractivity contribution in [3.05, 3.63) is 42.0 Å². The summed E-state index contributed by atoms with van der Waals surface area (Å²) in [5.74, 6) is 0.444. The zero-order valence-electron chi connectivity index (χ0n) is 21.9. The van der Waals surface area contributed by atoms with Crippen molar-refractivity contribution in [3.63, 3.8) is 0 Å². The average Bonchev–Trinajstić information content (AvgIpc) is 3.54. The third-order valence-electron chi connectivity index (χ3n) is 7.53. The number of carbonyl (C=O) groups excluding carboxylic acids is 1. The molecule has 1 unspecified atom stereocenters. The molecule has 2 aliphatic rings. The van der Waals surface area contributed by atoms with Crippen molar-refractivity contribution < 1.29 is 17.9 Å². The molecule has 2 aromatic heterocycles. The standard InChI is InChI=1S/C27H35N5O4S2/c1-3-14-32(20-16-28-17-20)38(34,35)21-10-8-19(9-11-21)22(15-18-6-4-5-7-18)25(33)31-27-29-23-12-13-24(36-2)30-26(23)37-27/h8-13,18,20,22,28H,3-7,14-17H2,1-2H3,(H,29,31,33). The van der Waals surface area contributed by atoms with Crippen molar-refractivity contribution in [2.75, 3.05) is 32.1 Å². The van der Waals surface area contributed by atoms with E-state index >= 15 is 0 Å². The van der Waals surface area contributed by atoms with Gasteiger partial charge in [0.1, 0.15) is 10.3 Å². The summed E-state index contributed by atoms with van der Waals surface area (Å²) in [7, 11) is -2.05. The van der Waals surface area contributed by atoms with Crippen molar-refractivity contribution in [2.45, 2.75) is 62.3 Å². The summed E-state index contributed by atoms with van der Waals surface area (Å²) in [5.41, 5.74) is 1.52. The number of ether oxygens (including phenoxy) is 1. The van der Waals surface area contributed by atoms with Crippen LogP contribution in [0.3, 0.4) is 0 Å². The number of pyridine rings is 1. The molecule has 11 heteroatoms. The number of nitrogens with one attached hydrogen (secondary N) is 2. The lowest BCUT2D eigenvalue weighted by Gasteiger charge is -2.37. The monoisotopic (exact) mass is 557 g/mol. The fourth-order valence-corrected chi connectivity index (χ4v) is 7.89. The van der Waals surface area contributed by atoms with E-state index in [4.69, 9.17) is 4.74 Å². The van der Waals surface area contributed by atoms with Gasteiger partial charge in [-0.25, -0.2) is 18.4 Å². The Bertz CT molecular complexity index is 1370. The summed E-state index contributed by atoms with van der Waals surface area (Å²) in [6, 6.07) is 10.5. The van der Waals surface area contributed by atoms with Gasteiger partial charge in [0.15, 0.2) is 5.13 Å². The number of hydrogen-bond acceptors (Lipinski definition) is 8. The van der Waals surface area contributed by atoms with Crippen LogP contribution in [0.1, 0.15) is 56.9 Å². The van der Waals surface area contributed by atoms with E-state index in [1.807, 2.05) is 13.0 Å². The molecule has 0 radical (unpaired) electrons. The first-order valence-electron chi connectivity index (χ1n) is 13.3. The van der Waals surface area contributed by atoms with Gasteiger partial charge in [0, 0.05) is 25.7 Å². The predicted octanol–water partition coefficient (Wildman–Crippen LogP) is 4.38. The Labute approximate surface area is 228 Å². The lowest BCUT2D eigenvalue weighted by Crippen LogP contribution is -2.58. The highest BCUT2D eigenvalue weighted by Gasteiger charge is 2.34. The molecular formula is C27H35N5O4S2. The molecule has 5 rings (SSSR count). The number of anilines is 1. The Hall–Kier alpha value is -2.60. The van der Waals surface area contributed by atoms with Crippen molar-refractivity contribution in [1.82, 2.24) is 19.6 Å². The molecule has 2 N–H and O–H groups in total. The van der Waals surface area contributed by atoms with Crippen molar-refractivity contribution in [3.8, 4) is 5.88 Å². The molecule has 9 nitrogen and oxygen atoms in total. The van der Waals surface area contributed by atoms with Crippen LogP contribution in [0.15, 0.2) is 41.3 Å². The molecule has 3 aromatic rings. The molecule has 1 atom stereocenters.